The van der Waals surface area contributed by atoms with Gasteiger partial charge in [0, 0.05) is 11.1 Å². The van der Waals surface area contributed by atoms with Gasteiger partial charge in [-0.15, -0.1) is 0 Å². The number of Topliss-reactive ketones (excluding diaryl/α,β-unsaturated/α-hetero) is 1. The number of hydrogen-bond donors (Lipinski definition) is 1. The van der Waals surface area contributed by atoms with E-state index >= 15 is 0 Å². The van der Waals surface area contributed by atoms with Crippen LogP contribution in [0.25, 0.3) is 6.08 Å². The molecule has 1 amide bonds. The van der Waals surface area contributed by atoms with E-state index in [4.69, 9.17) is 26.8 Å². The highest BCUT2D eigenvalue weighted by Crippen LogP contribution is 2.35. The number of carbonyl (C=O) groups is 2. The molecule has 0 saturated heterocycles. The highest BCUT2D eigenvalue weighted by atomic mass is 35.5. The lowest BCUT2D eigenvalue weighted by molar-refractivity contribution is -0.119. The molecule has 23 heavy (non-hydrogen) atoms. The minimum Gasteiger partial charge on any atom is -0.484 e. The molecule has 1 aliphatic rings. The Morgan fingerprint density at radius 2 is 2.09 bits per heavy atom. The molecule has 116 valence electrons. The first-order valence-electron chi connectivity index (χ1n) is 6.78. The lowest BCUT2D eigenvalue weighted by atomic mass is 10.1. The van der Waals surface area contributed by atoms with Crippen molar-refractivity contribution < 1.29 is 19.1 Å². The van der Waals surface area contributed by atoms with Crippen molar-refractivity contribution in [3.05, 3.63) is 64.4 Å². The highest BCUT2D eigenvalue weighted by molar-refractivity contribution is 6.30. The number of halogens is 1. The second kappa shape index (κ2) is 6.14. The van der Waals surface area contributed by atoms with Gasteiger partial charge in [0.25, 0.3) is 5.91 Å². The van der Waals surface area contributed by atoms with E-state index in [-0.39, 0.29) is 18.1 Å². The maximum atomic E-state index is 12.3. The van der Waals surface area contributed by atoms with Crippen molar-refractivity contribution in [3.63, 3.8) is 0 Å². The van der Waals surface area contributed by atoms with Crippen molar-refractivity contribution in [1.29, 1.82) is 0 Å². The molecule has 0 saturated carbocycles. The summed E-state index contributed by atoms with van der Waals surface area (Å²) in [6.07, 6.45) is 1.62. The van der Waals surface area contributed by atoms with Crippen LogP contribution in [0.5, 0.6) is 11.5 Å². The van der Waals surface area contributed by atoms with Gasteiger partial charge in [0.05, 0.1) is 5.56 Å². The van der Waals surface area contributed by atoms with E-state index in [1.54, 1.807) is 42.5 Å². The van der Waals surface area contributed by atoms with Crippen LogP contribution in [0.3, 0.4) is 0 Å². The molecule has 2 N–H and O–H groups in total. The number of amides is 1. The van der Waals surface area contributed by atoms with Crippen LogP contribution < -0.4 is 15.2 Å². The SMILES string of the molecule is NC(=O)COc1ccc2c(c1)O/C(=C\c1cccc(Cl)c1)C2=O. The largest absolute Gasteiger partial charge is 0.484 e. The molecule has 0 spiro atoms. The third-order valence-corrected chi connectivity index (χ3v) is 3.40. The molecule has 6 heteroatoms. The van der Waals surface area contributed by atoms with E-state index < -0.39 is 5.91 Å². The molecule has 0 bridgehead atoms. The highest BCUT2D eigenvalue weighted by Gasteiger charge is 2.27. The lowest BCUT2D eigenvalue weighted by Crippen LogP contribution is -2.19. The zero-order valence-electron chi connectivity index (χ0n) is 11.9. The first kappa shape index (κ1) is 15.1. The standard InChI is InChI=1S/C17H12ClNO4/c18-11-3-1-2-10(6-11)7-15-17(21)13-5-4-12(8-14(13)23-15)22-9-16(19)20/h1-8H,9H2,(H2,19,20)/b15-7-. The van der Waals surface area contributed by atoms with Crippen LogP contribution in [-0.4, -0.2) is 18.3 Å². The third-order valence-electron chi connectivity index (χ3n) is 3.17. The molecule has 3 rings (SSSR count). The fourth-order valence-electron chi connectivity index (χ4n) is 2.16. The van der Waals surface area contributed by atoms with Gasteiger partial charge in [0.1, 0.15) is 11.5 Å². The second-order valence-electron chi connectivity index (χ2n) is 4.91. The molecule has 0 aromatic heterocycles. The number of ether oxygens (including phenoxy) is 2. The number of nitrogens with two attached hydrogens (primary N) is 1. The quantitative estimate of drug-likeness (QED) is 0.875. The van der Waals surface area contributed by atoms with Gasteiger partial charge in [-0.3, -0.25) is 9.59 Å². The predicted molar refractivity (Wildman–Crippen MR) is 85.5 cm³/mol. The minimum atomic E-state index is -0.580. The van der Waals surface area contributed by atoms with Crippen molar-refractivity contribution in [3.8, 4) is 11.5 Å². The van der Waals surface area contributed by atoms with Crippen LogP contribution in [0, 0.1) is 0 Å². The molecule has 0 atom stereocenters. The van der Waals surface area contributed by atoms with E-state index in [0.717, 1.165) is 5.56 Å². The number of primary amides is 1. The van der Waals surface area contributed by atoms with E-state index in [2.05, 4.69) is 0 Å². The van der Waals surface area contributed by atoms with Crippen molar-refractivity contribution in [2.24, 2.45) is 5.73 Å². The molecule has 1 heterocycles. The average Bonchev–Trinajstić information content (AvgIpc) is 2.81. The predicted octanol–water partition coefficient (Wildman–Crippen LogP) is 2.82. The van der Waals surface area contributed by atoms with Crippen molar-refractivity contribution in [1.82, 2.24) is 0 Å². The van der Waals surface area contributed by atoms with Crippen molar-refractivity contribution in [2.45, 2.75) is 0 Å². The number of benzene rings is 2. The van der Waals surface area contributed by atoms with E-state index in [1.807, 2.05) is 6.07 Å². The summed E-state index contributed by atoms with van der Waals surface area (Å²) in [7, 11) is 0. The maximum absolute atomic E-state index is 12.3. The van der Waals surface area contributed by atoms with Crippen LogP contribution in [-0.2, 0) is 4.79 Å². The van der Waals surface area contributed by atoms with E-state index in [9.17, 15) is 9.59 Å². The zero-order chi connectivity index (χ0) is 16.4. The second-order valence-corrected chi connectivity index (χ2v) is 5.34. The summed E-state index contributed by atoms with van der Waals surface area (Å²) in [5.74, 6) is 0.185. The molecule has 5 nitrogen and oxygen atoms in total. The maximum Gasteiger partial charge on any atom is 0.255 e. The van der Waals surface area contributed by atoms with Crippen molar-refractivity contribution >= 4 is 29.4 Å². The number of hydrogen-bond acceptors (Lipinski definition) is 4. The fourth-order valence-corrected chi connectivity index (χ4v) is 2.36. The Morgan fingerprint density at radius 1 is 1.26 bits per heavy atom. The summed E-state index contributed by atoms with van der Waals surface area (Å²) in [5.41, 5.74) is 6.22. The number of allylic oxidation sites excluding steroid dienone is 1. The Bertz CT molecular complexity index is 829. The summed E-state index contributed by atoms with van der Waals surface area (Å²) in [4.78, 5) is 23.1. The first-order valence-corrected chi connectivity index (χ1v) is 7.16. The van der Waals surface area contributed by atoms with Gasteiger partial charge in [0.2, 0.25) is 5.78 Å². The normalized spacial score (nSPS) is 14.5. The molecule has 0 radical (unpaired) electrons. The van der Waals surface area contributed by atoms with Crippen LogP contribution in [0.2, 0.25) is 5.02 Å². The first-order chi connectivity index (χ1) is 11.0. The zero-order valence-corrected chi connectivity index (χ0v) is 12.7. The summed E-state index contributed by atoms with van der Waals surface area (Å²) >= 11 is 5.93. The van der Waals surface area contributed by atoms with Gasteiger partial charge >= 0.3 is 0 Å². The Balaban J connectivity index is 1.85. The molecule has 0 fully saturated rings. The molecule has 1 aliphatic heterocycles. The van der Waals surface area contributed by atoms with E-state index in [1.165, 1.54) is 0 Å². The van der Waals surface area contributed by atoms with Crippen molar-refractivity contribution in [2.75, 3.05) is 6.61 Å². The smallest absolute Gasteiger partial charge is 0.255 e. The Hall–Kier alpha value is -2.79. The molecule has 0 aliphatic carbocycles. The van der Waals surface area contributed by atoms with E-state index in [0.29, 0.717) is 22.1 Å². The molecular weight excluding hydrogens is 318 g/mol. The van der Waals surface area contributed by atoms with Crippen LogP contribution in [0.1, 0.15) is 15.9 Å². The van der Waals surface area contributed by atoms with Gasteiger partial charge in [-0.25, -0.2) is 0 Å². The summed E-state index contributed by atoms with van der Waals surface area (Å²) in [5, 5.41) is 0.574. The van der Waals surface area contributed by atoms with Gasteiger partial charge in [-0.1, -0.05) is 23.7 Å². The number of carbonyl (C=O) groups excluding carboxylic acids is 2. The number of rotatable bonds is 4. The Morgan fingerprint density at radius 3 is 2.83 bits per heavy atom. The lowest BCUT2D eigenvalue weighted by Gasteiger charge is -2.04. The molecule has 2 aromatic carbocycles. The van der Waals surface area contributed by atoms with Gasteiger partial charge in [0.15, 0.2) is 12.4 Å². The summed E-state index contributed by atoms with van der Waals surface area (Å²) < 4.78 is 10.8. The van der Waals surface area contributed by atoms with Crippen LogP contribution in [0.15, 0.2) is 48.2 Å². The Labute approximate surface area is 137 Å². The summed E-state index contributed by atoms with van der Waals surface area (Å²) in [6.45, 7) is -0.238. The van der Waals surface area contributed by atoms with Gasteiger partial charge in [-0.2, -0.15) is 0 Å². The van der Waals surface area contributed by atoms with Gasteiger partial charge in [-0.05, 0) is 35.9 Å². The minimum absolute atomic E-state index is 0.203. The number of ketones is 1. The van der Waals surface area contributed by atoms with Crippen LogP contribution in [0.4, 0.5) is 0 Å². The topological polar surface area (TPSA) is 78.6 Å². The van der Waals surface area contributed by atoms with Crippen LogP contribution >= 0.6 is 11.6 Å². The molecule has 2 aromatic rings. The Kier molecular flexibility index (Phi) is 4.04. The molecular formula is C17H12ClNO4. The summed E-state index contributed by atoms with van der Waals surface area (Å²) in [6, 6.07) is 11.8. The molecule has 0 unspecified atom stereocenters. The third kappa shape index (κ3) is 3.35. The van der Waals surface area contributed by atoms with Gasteiger partial charge < -0.3 is 15.2 Å². The number of fused-ring (bicyclic) bond motifs is 1. The monoisotopic (exact) mass is 329 g/mol. The average molecular weight is 330 g/mol. The fraction of sp³-hybridized carbons (Fsp3) is 0.0588.